The highest BCUT2D eigenvalue weighted by molar-refractivity contribution is 5.94. The van der Waals surface area contributed by atoms with Crippen LogP contribution in [0, 0.1) is 5.92 Å². The maximum absolute atomic E-state index is 13.0. The molecule has 2 rings (SSSR count). The first-order valence-corrected chi connectivity index (χ1v) is 8.07. The van der Waals surface area contributed by atoms with E-state index >= 15 is 0 Å². The molecule has 1 aliphatic carbocycles. The van der Waals surface area contributed by atoms with Crippen LogP contribution in [0.2, 0.25) is 0 Å². The predicted octanol–water partition coefficient (Wildman–Crippen LogP) is 3.38. The van der Waals surface area contributed by atoms with E-state index in [2.05, 4.69) is 5.32 Å². The van der Waals surface area contributed by atoms with Crippen molar-refractivity contribution in [3.05, 3.63) is 29.3 Å². The molecule has 1 aromatic rings. The highest BCUT2D eigenvalue weighted by Crippen LogP contribution is 2.38. The van der Waals surface area contributed by atoms with Crippen LogP contribution in [-0.4, -0.2) is 37.1 Å². The molecule has 1 saturated carbocycles. The molecule has 1 fully saturated rings. The van der Waals surface area contributed by atoms with Gasteiger partial charge in [-0.15, -0.1) is 0 Å². The second-order valence-electron chi connectivity index (χ2n) is 6.72. The zero-order chi connectivity index (χ0) is 17.9. The first kappa shape index (κ1) is 18.6. The molecule has 1 aromatic carbocycles. The van der Waals surface area contributed by atoms with E-state index in [1.54, 1.807) is 18.2 Å². The van der Waals surface area contributed by atoms with Crippen LogP contribution in [0.15, 0.2) is 18.2 Å². The van der Waals surface area contributed by atoms with Gasteiger partial charge in [0.15, 0.2) is 0 Å². The minimum atomic E-state index is -4.15. The zero-order valence-corrected chi connectivity index (χ0v) is 14.0. The van der Waals surface area contributed by atoms with Crippen LogP contribution >= 0.6 is 0 Å². The minimum Gasteiger partial charge on any atom is -0.382 e. The van der Waals surface area contributed by atoms with Crippen molar-refractivity contribution in [1.82, 2.24) is 4.90 Å². The average molecular weight is 343 g/mol. The van der Waals surface area contributed by atoms with Crippen LogP contribution in [0.1, 0.15) is 41.6 Å². The Kier molecular flexibility index (Phi) is 5.74. The lowest BCUT2D eigenvalue weighted by Crippen LogP contribution is -2.35. The normalized spacial score (nSPS) is 21.8. The Morgan fingerprint density at radius 2 is 2.04 bits per heavy atom. The summed E-state index contributed by atoms with van der Waals surface area (Å²) in [6.07, 6.45) is -2.67. The van der Waals surface area contributed by atoms with Crippen molar-refractivity contribution in [2.75, 3.05) is 19.4 Å². The van der Waals surface area contributed by atoms with Gasteiger partial charge in [-0.25, -0.2) is 0 Å². The predicted molar refractivity (Wildman–Crippen MR) is 87.8 cm³/mol. The van der Waals surface area contributed by atoms with Gasteiger partial charge in [0.2, 0.25) is 5.91 Å². The molecule has 24 heavy (non-hydrogen) atoms. The van der Waals surface area contributed by atoms with Gasteiger partial charge in [0, 0.05) is 23.8 Å². The highest BCUT2D eigenvalue weighted by Gasteiger charge is 2.42. The summed E-state index contributed by atoms with van der Waals surface area (Å²) in [5.41, 5.74) is 7.29. The summed E-state index contributed by atoms with van der Waals surface area (Å²) in [5, 5.41) is 3.22. The fourth-order valence-electron chi connectivity index (χ4n) is 3.18. The fraction of sp³-hybridized carbons (Fsp3) is 0.588. The Hall–Kier alpha value is -1.76. The number of nitrogens with one attached hydrogen (secondary N) is 1. The van der Waals surface area contributed by atoms with Gasteiger partial charge in [-0.2, -0.15) is 13.2 Å². The molecule has 0 bridgehead atoms. The lowest BCUT2D eigenvalue weighted by atomic mass is 9.85. The Balaban J connectivity index is 2.20. The molecule has 1 amide bonds. The summed E-state index contributed by atoms with van der Waals surface area (Å²) in [7, 11) is 3.82. The van der Waals surface area contributed by atoms with Gasteiger partial charge >= 0.3 is 6.18 Å². The number of alkyl halides is 3. The van der Waals surface area contributed by atoms with Gasteiger partial charge < -0.3 is 16.0 Å². The molecular formula is C17H24F3N3O. The first-order valence-electron chi connectivity index (χ1n) is 8.07. The number of benzene rings is 1. The van der Waals surface area contributed by atoms with E-state index in [-0.39, 0.29) is 18.9 Å². The molecule has 1 aliphatic rings. The van der Waals surface area contributed by atoms with E-state index in [0.717, 1.165) is 5.56 Å². The van der Waals surface area contributed by atoms with Crippen molar-refractivity contribution in [3.63, 3.8) is 0 Å². The van der Waals surface area contributed by atoms with Crippen LogP contribution in [0.4, 0.5) is 18.9 Å². The third kappa shape index (κ3) is 4.87. The van der Waals surface area contributed by atoms with Gasteiger partial charge in [0.25, 0.3) is 0 Å². The monoisotopic (exact) mass is 343 g/mol. The third-order valence-electron chi connectivity index (χ3n) is 4.38. The summed E-state index contributed by atoms with van der Waals surface area (Å²) in [6, 6.07) is 4.82. The van der Waals surface area contributed by atoms with Crippen LogP contribution in [0.3, 0.4) is 0 Å². The number of amides is 1. The average Bonchev–Trinajstić information content (AvgIpc) is 2.47. The number of anilines is 1. The Bertz CT molecular complexity index is 587. The summed E-state index contributed by atoms with van der Waals surface area (Å²) < 4.78 is 38.9. The van der Waals surface area contributed by atoms with Gasteiger partial charge in [-0.1, -0.05) is 12.5 Å². The summed E-state index contributed by atoms with van der Waals surface area (Å²) in [4.78, 5) is 13.4. The molecule has 0 radical (unpaired) electrons. The van der Waals surface area contributed by atoms with Crippen LogP contribution < -0.4 is 11.1 Å². The maximum atomic E-state index is 13.0. The van der Waals surface area contributed by atoms with E-state index in [4.69, 9.17) is 5.73 Å². The molecule has 7 heteroatoms. The number of rotatable bonds is 5. The second-order valence-corrected chi connectivity index (χ2v) is 6.72. The van der Waals surface area contributed by atoms with E-state index < -0.39 is 18.0 Å². The van der Waals surface area contributed by atoms with Gasteiger partial charge in [0.1, 0.15) is 0 Å². The Labute approximate surface area is 140 Å². The third-order valence-corrected chi connectivity index (χ3v) is 4.38. The summed E-state index contributed by atoms with van der Waals surface area (Å²) in [5.74, 6) is -1.81. The Morgan fingerprint density at radius 3 is 2.62 bits per heavy atom. The van der Waals surface area contributed by atoms with E-state index in [1.807, 2.05) is 19.0 Å². The molecule has 0 saturated heterocycles. The van der Waals surface area contributed by atoms with Crippen LogP contribution in [-0.2, 0) is 6.54 Å². The molecule has 0 heterocycles. The van der Waals surface area contributed by atoms with Gasteiger partial charge in [-0.05, 0) is 51.1 Å². The first-order chi connectivity index (χ1) is 11.2. The molecule has 134 valence electrons. The smallest absolute Gasteiger partial charge is 0.382 e. The number of hydrogen-bond donors (Lipinski definition) is 2. The van der Waals surface area contributed by atoms with Gasteiger partial charge in [-0.3, -0.25) is 4.79 Å². The number of hydrogen-bond acceptors (Lipinski definition) is 3. The molecule has 0 aromatic heterocycles. The number of primary amides is 1. The lowest BCUT2D eigenvalue weighted by Gasteiger charge is -2.32. The highest BCUT2D eigenvalue weighted by atomic mass is 19.4. The van der Waals surface area contributed by atoms with Crippen molar-refractivity contribution >= 4 is 11.6 Å². The molecule has 0 aliphatic heterocycles. The number of nitrogens with zero attached hydrogens (tertiary/aromatic N) is 1. The number of carbonyl (C=O) groups is 1. The molecule has 2 atom stereocenters. The van der Waals surface area contributed by atoms with Crippen LogP contribution in [0.25, 0.3) is 0 Å². The van der Waals surface area contributed by atoms with Crippen molar-refractivity contribution < 1.29 is 18.0 Å². The number of carbonyl (C=O) groups excluding carboxylic acids is 1. The van der Waals surface area contributed by atoms with Crippen LogP contribution in [0.5, 0.6) is 0 Å². The minimum absolute atomic E-state index is 0.0612. The zero-order valence-electron chi connectivity index (χ0n) is 14.0. The topological polar surface area (TPSA) is 58.4 Å². The molecule has 3 N–H and O–H groups in total. The second kappa shape index (κ2) is 7.42. The van der Waals surface area contributed by atoms with Crippen molar-refractivity contribution in [1.29, 1.82) is 0 Å². The van der Waals surface area contributed by atoms with Crippen molar-refractivity contribution in [3.8, 4) is 0 Å². The molecule has 0 unspecified atom stereocenters. The van der Waals surface area contributed by atoms with E-state index in [9.17, 15) is 18.0 Å². The summed E-state index contributed by atoms with van der Waals surface area (Å²) >= 11 is 0. The fourth-order valence-corrected chi connectivity index (χ4v) is 3.18. The molecular weight excluding hydrogens is 319 g/mol. The number of halogens is 3. The van der Waals surface area contributed by atoms with Gasteiger partial charge in [0.05, 0.1) is 5.92 Å². The van der Waals surface area contributed by atoms with Crippen molar-refractivity contribution in [2.24, 2.45) is 11.7 Å². The van der Waals surface area contributed by atoms with E-state index in [1.165, 1.54) is 0 Å². The number of nitrogens with two attached hydrogens (primary N) is 1. The SMILES string of the molecule is CN(C)Cc1ccc(C(N)=O)cc1N[C@H]1CCC[C@H](C(F)(F)F)C1. The molecule has 0 spiro atoms. The van der Waals surface area contributed by atoms with Crippen molar-refractivity contribution in [2.45, 2.75) is 44.4 Å². The molecule has 4 nitrogen and oxygen atoms in total. The Morgan fingerprint density at radius 1 is 1.33 bits per heavy atom. The summed E-state index contributed by atoms with van der Waals surface area (Å²) in [6.45, 7) is 0.622. The largest absolute Gasteiger partial charge is 0.391 e. The standard InChI is InChI=1S/C17H24F3N3O/c1-23(2)10-12-7-6-11(16(21)24)8-15(12)22-14-5-3-4-13(9-14)17(18,19)20/h6-8,13-14,22H,3-5,9-10H2,1-2H3,(H2,21,24)/t13-,14-/m0/s1. The maximum Gasteiger partial charge on any atom is 0.391 e. The quantitative estimate of drug-likeness (QED) is 0.862. The van der Waals surface area contributed by atoms with E-state index in [0.29, 0.717) is 30.6 Å². The lowest BCUT2D eigenvalue weighted by molar-refractivity contribution is -0.182.